The fourth-order valence-electron chi connectivity index (χ4n) is 6.54. The van der Waals surface area contributed by atoms with Gasteiger partial charge in [0.15, 0.2) is 12.4 Å². The molecule has 10 nitrogen and oxygen atoms in total. The number of hydrogen-bond acceptors (Lipinski definition) is 9. The molecule has 52 heavy (non-hydrogen) atoms. The third kappa shape index (κ3) is 10.3. The van der Waals surface area contributed by atoms with E-state index in [9.17, 15) is 25.9 Å². The number of oxazole rings is 1. The first kappa shape index (κ1) is 39.7. The Kier molecular flexibility index (Phi) is 13.4. The third-order valence-electron chi connectivity index (χ3n) is 9.15. The molecule has 1 fully saturated rings. The van der Waals surface area contributed by atoms with Crippen LogP contribution in [0.3, 0.4) is 0 Å². The van der Waals surface area contributed by atoms with Crippen LogP contribution in [0.1, 0.15) is 56.9 Å². The van der Waals surface area contributed by atoms with E-state index < -0.39 is 31.7 Å². The van der Waals surface area contributed by atoms with Crippen LogP contribution in [-0.2, 0) is 31.5 Å². The van der Waals surface area contributed by atoms with Crippen molar-refractivity contribution in [2.45, 2.75) is 58.0 Å². The van der Waals surface area contributed by atoms with Gasteiger partial charge >= 0.3 is 35.4 Å². The number of fused-ring (bicyclic) bond motifs is 2. The molecule has 0 radical (unpaired) electrons. The zero-order chi connectivity index (χ0) is 36.0. The summed E-state index contributed by atoms with van der Waals surface area (Å²) in [4.78, 5) is 2.14. The Morgan fingerprint density at radius 2 is 1.50 bits per heavy atom. The summed E-state index contributed by atoms with van der Waals surface area (Å²) in [6, 6.07) is 26.0. The van der Waals surface area contributed by atoms with Gasteiger partial charge in [-0.2, -0.15) is 4.57 Å². The normalized spacial score (nSPS) is 17.1. The maximum Gasteiger partial charge on any atom is 1.00 e. The van der Waals surface area contributed by atoms with Crippen LogP contribution in [-0.4, -0.2) is 54.9 Å². The van der Waals surface area contributed by atoms with E-state index in [2.05, 4.69) is 29.2 Å². The largest absolute Gasteiger partial charge is 1.00 e. The monoisotopic (exact) mass is 752 g/mol. The standard InChI is InChI=1S/C39H42N2O8S2.Na/c1-2-29(25-38-40(21-9-11-23-50(42,43)44)34-27-32(17-19-36(34)48-38)30-13-5-3-6-14-30)26-39-41(22-10-12-24-51(45,46)47)35-28-33(18-20-37(35)49-39)31-15-7-4-8-16-31;/h3-8,13-20,25-27,35H,2,9-12,21-24,28H2,1H3,(H-,42,43,44,45,46,47);/q;+1/p-1. The average molecular weight is 753 g/mol. The van der Waals surface area contributed by atoms with Gasteiger partial charge in [0.05, 0.1) is 32.4 Å². The molecule has 1 saturated heterocycles. The summed E-state index contributed by atoms with van der Waals surface area (Å²) < 4.78 is 82.7. The van der Waals surface area contributed by atoms with Gasteiger partial charge in [0.25, 0.3) is 5.52 Å². The van der Waals surface area contributed by atoms with Gasteiger partial charge in [-0.25, -0.2) is 16.8 Å². The molecule has 2 aliphatic rings. The molecule has 1 aromatic heterocycles. The van der Waals surface area contributed by atoms with Crippen LogP contribution in [0.4, 0.5) is 0 Å². The van der Waals surface area contributed by atoms with E-state index in [0.717, 1.165) is 39.1 Å². The summed E-state index contributed by atoms with van der Waals surface area (Å²) in [7, 11) is -8.63. The first-order valence-corrected chi connectivity index (χ1v) is 20.3. The number of hydrogen-bond donors (Lipinski definition) is 0. The Morgan fingerprint density at radius 3 is 2.15 bits per heavy atom. The minimum Gasteiger partial charge on any atom is -0.748 e. The molecule has 1 atom stereocenters. The molecule has 3 aromatic carbocycles. The molecular formula is C39H41N2NaO8S2. The van der Waals surface area contributed by atoms with E-state index >= 15 is 0 Å². The molecule has 0 N–H and O–H groups in total. The van der Waals surface area contributed by atoms with Gasteiger partial charge in [0, 0.05) is 43.0 Å². The zero-order valence-electron chi connectivity index (χ0n) is 29.4. The summed E-state index contributed by atoms with van der Waals surface area (Å²) in [5.41, 5.74) is 6.76. The number of unbranched alkanes of at least 4 members (excludes halogenated alkanes) is 2. The van der Waals surface area contributed by atoms with E-state index in [1.165, 1.54) is 0 Å². The van der Waals surface area contributed by atoms with E-state index in [-0.39, 0.29) is 48.4 Å². The van der Waals surface area contributed by atoms with Crippen LogP contribution < -0.4 is 34.1 Å². The SMILES string of the molecule is CCC(=Cc1oc2ccc(-c3ccccc3)cc2[n+]1CCCCS(=O)(=O)[O-])C=C1OC2=CC=C(c3ccccc3)CC2N1CCCCS(=O)(=O)[O-].[Na+]. The summed E-state index contributed by atoms with van der Waals surface area (Å²) >= 11 is 0. The van der Waals surface area contributed by atoms with Crippen LogP contribution >= 0.6 is 0 Å². The number of aromatic nitrogens is 1. The molecule has 4 aromatic rings. The molecular weight excluding hydrogens is 712 g/mol. The van der Waals surface area contributed by atoms with Crippen LogP contribution in [0.15, 0.2) is 119 Å². The second kappa shape index (κ2) is 17.6. The van der Waals surface area contributed by atoms with Gasteiger partial charge in [-0.15, -0.1) is 0 Å². The molecule has 0 saturated carbocycles. The van der Waals surface area contributed by atoms with Gasteiger partial charge in [-0.1, -0.05) is 79.7 Å². The van der Waals surface area contributed by atoms with Gasteiger partial charge in [0.2, 0.25) is 5.58 Å². The molecule has 13 heteroatoms. The van der Waals surface area contributed by atoms with Crippen molar-refractivity contribution in [3.05, 3.63) is 126 Å². The maximum absolute atomic E-state index is 11.3. The second-order valence-corrected chi connectivity index (χ2v) is 15.8. The van der Waals surface area contributed by atoms with Gasteiger partial charge < -0.3 is 23.2 Å². The summed E-state index contributed by atoms with van der Waals surface area (Å²) in [5, 5.41) is 0. The van der Waals surface area contributed by atoms with E-state index in [1.807, 2.05) is 90.4 Å². The van der Waals surface area contributed by atoms with Crippen LogP contribution in [0, 0.1) is 0 Å². The first-order valence-electron chi connectivity index (χ1n) is 17.2. The minimum atomic E-state index is -4.32. The smallest absolute Gasteiger partial charge is 0.748 e. The van der Waals surface area contributed by atoms with Gasteiger partial charge in [0.1, 0.15) is 5.76 Å². The van der Waals surface area contributed by atoms with E-state index in [1.54, 1.807) is 0 Å². The van der Waals surface area contributed by atoms with Crippen LogP contribution in [0.5, 0.6) is 0 Å². The first-order chi connectivity index (χ1) is 24.5. The van der Waals surface area contributed by atoms with Crippen molar-refractivity contribution in [2.75, 3.05) is 18.1 Å². The Hall–Kier alpha value is -3.49. The van der Waals surface area contributed by atoms with E-state index in [4.69, 9.17) is 9.15 Å². The number of rotatable bonds is 15. The molecule has 0 spiro atoms. The number of allylic oxidation sites excluding steroid dienone is 4. The summed E-state index contributed by atoms with van der Waals surface area (Å²) in [6.45, 7) is 2.97. The topological polar surface area (TPSA) is 144 Å². The fourth-order valence-corrected chi connectivity index (χ4v) is 7.65. The Bertz CT molecular complexity index is 2210. The molecule has 1 aliphatic carbocycles. The van der Waals surface area contributed by atoms with Crippen LogP contribution in [0.25, 0.3) is 33.9 Å². The Balaban J connectivity index is 0.00000523. The second-order valence-electron chi connectivity index (χ2n) is 12.8. The van der Waals surface area contributed by atoms with Crippen LogP contribution in [0.2, 0.25) is 0 Å². The van der Waals surface area contributed by atoms with Crippen molar-refractivity contribution in [3.63, 3.8) is 0 Å². The van der Waals surface area contributed by atoms with Crippen molar-refractivity contribution in [2.24, 2.45) is 0 Å². The fraction of sp³-hybridized carbons (Fsp3) is 0.308. The predicted octanol–water partition coefficient (Wildman–Crippen LogP) is 3.75. The molecule has 6 rings (SSSR count). The van der Waals surface area contributed by atoms with Gasteiger partial charge in [-0.3, -0.25) is 0 Å². The third-order valence-corrected chi connectivity index (χ3v) is 10.7. The molecule has 0 bridgehead atoms. The van der Waals surface area contributed by atoms with Crippen molar-refractivity contribution < 1.29 is 69.2 Å². The predicted molar refractivity (Wildman–Crippen MR) is 194 cm³/mol. The van der Waals surface area contributed by atoms with Crippen molar-refractivity contribution in [1.82, 2.24) is 4.90 Å². The molecule has 0 amide bonds. The van der Waals surface area contributed by atoms with Crippen molar-refractivity contribution in [1.29, 1.82) is 0 Å². The van der Waals surface area contributed by atoms with E-state index in [0.29, 0.717) is 56.1 Å². The minimum absolute atomic E-state index is 0. The maximum atomic E-state index is 11.3. The Morgan fingerprint density at radius 1 is 0.846 bits per heavy atom. The molecule has 1 unspecified atom stereocenters. The van der Waals surface area contributed by atoms with Crippen molar-refractivity contribution >= 4 is 43.0 Å². The van der Waals surface area contributed by atoms with Crippen molar-refractivity contribution in [3.8, 4) is 11.1 Å². The molecule has 1 aliphatic heterocycles. The number of nitrogens with zero attached hydrogens (tertiary/aromatic N) is 2. The number of benzene rings is 3. The Labute approximate surface area is 328 Å². The summed E-state index contributed by atoms with van der Waals surface area (Å²) in [5.74, 6) is 1.16. The summed E-state index contributed by atoms with van der Waals surface area (Å²) in [6.07, 6.45) is 10.7. The quantitative estimate of drug-likeness (QED) is 0.0768. The number of aryl methyl sites for hydroxylation is 1. The average Bonchev–Trinajstić information content (AvgIpc) is 3.63. The van der Waals surface area contributed by atoms with Gasteiger partial charge in [-0.05, 0) is 65.7 Å². The molecule has 2 heterocycles. The molecule has 268 valence electrons. The zero-order valence-corrected chi connectivity index (χ0v) is 33.1. The number of ether oxygens (including phenoxy) is 1.